The zero-order chi connectivity index (χ0) is 21.1. The molecule has 1 aromatic heterocycles. The molecule has 28 heavy (non-hydrogen) atoms. The average Bonchev–Trinajstić information content (AvgIpc) is 2.99. The van der Waals surface area contributed by atoms with Crippen LogP contribution < -0.4 is 10.9 Å². The van der Waals surface area contributed by atoms with E-state index in [0.29, 0.717) is 34.6 Å². The van der Waals surface area contributed by atoms with E-state index in [-0.39, 0.29) is 17.2 Å². The van der Waals surface area contributed by atoms with E-state index < -0.39 is 16.0 Å². The molecule has 0 radical (unpaired) electrons. The average molecular weight is 405 g/mol. The molecule has 9 nitrogen and oxygen atoms in total. The highest BCUT2D eigenvalue weighted by Gasteiger charge is 2.24. The first-order valence-corrected chi connectivity index (χ1v) is 10.1. The minimum Gasteiger partial charge on any atom is -0.461 e. The van der Waals surface area contributed by atoms with Crippen LogP contribution in [0.3, 0.4) is 0 Å². The Bertz CT molecular complexity index is 1040. The van der Waals surface area contributed by atoms with Gasteiger partial charge in [0.15, 0.2) is 5.69 Å². The van der Waals surface area contributed by atoms with Crippen molar-refractivity contribution in [3.8, 4) is 5.69 Å². The van der Waals surface area contributed by atoms with E-state index >= 15 is 0 Å². The van der Waals surface area contributed by atoms with Gasteiger partial charge in [-0.2, -0.15) is 5.10 Å². The zero-order valence-electron chi connectivity index (χ0n) is 15.9. The van der Waals surface area contributed by atoms with E-state index in [9.17, 15) is 13.2 Å². The monoisotopic (exact) mass is 405 g/mol. The maximum atomic E-state index is 12.3. The Balaban J connectivity index is 2.77. The molecule has 2 rings (SSSR count). The number of carbonyl (C=O) groups excluding carboxylic acids is 1. The van der Waals surface area contributed by atoms with E-state index in [1.807, 2.05) is 6.92 Å². The molecule has 10 heteroatoms. The third-order valence-corrected chi connectivity index (χ3v) is 5.06. The number of primary sulfonamides is 1. The van der Waals surface area contributed by atoms with Gasteiger partial charge in [-0.25, -0.2) is 23.0 Å². The molecule has 1 heterocycles. The van der Waals surface area contributed by atoms with Gasteiger partial charge in [0.1, 0.15) is 0 Å². The van der Waals surface area contributed by atoms with Gasteiger partial charge in [-0.3, -0.25) is 0 Å². The van der Waals surface area contributed by atoms with Gasteiger partial charge in [0.05, 0.1) is 22.9 Å². The number of nitrogens with one attached hydrogen (secondary N) is 1. The van der Waals surface area contributed by atoms with Crippen LogP contribution in [-0.2, 0) is 14.8 Å². The number of hydrogen-bond acceptors (Lipinski definition) is 7. The molecular weight excluding hydrogens is 382 g/mol. The molecule has 0 saturated heterocycles. The maximum Gasteiger partial charge on any atom is 0.359 e. The number of ether oxygens (including phenoxy) is 1. The molecule has 150 valence electrons. The topological polar surface area (TPSA) is 154 Å². The Hall–Kier alpha value is -2.98. The second kappa shape index (κ2) is 8.36. The first-order valence-electron chi connectivity index (χ1n) is 8.55. The van der Waals surface area contributed by atoms with Crippen molar-refractivity contribution < 1.29 is 17.9 Å². The van der Waals surface area contributed by atoms with Gasteiger partial charge in [0.25, 0.3) is 0 Å². The third-order valence-electron chi connectivity index (χ3n) is 4.13. The van der Waals surface area contributed by atoms with E-state index in [0.717, 1.165) is 6.21 Å². The number of nitrogens with zero attached hydrogens (tertiary/aromatic N) is 2. The lowest BCUT2D eigenvalue weighted by atomic mass is 10.0. The van der Waals surface area contributed by atoms with Crippen LogP contribution in [-0.4, -0.2) is 37.0 Å². The van der Waals surface area contributed by atoms with Crippen molar-refractivity contribution in [2.45, 2.75) is 32.1 Å². The lowest BCUT2D eigenvalue weighted by Crippen LogP contribution is -2.12. The second-order valence-electron chi connectivity index (χ2n) is 5.93. The lowest BCUT2D eigenvalue weighted by Gasteiger charge is -2.12. The number of esters is 1. The first kappa shape index (κ1) is 21.3. The normalized spacial score (nSPS) is 12.4. The summed E-state index contributed by atoms with van der Waals surface area (Å²) in [7, 11) is -3.84. The molecule has 0 fully saturated rings. The summed E-state index contributed by atoms with van der Waals surface area (Å²) >= 11 is 0. The van der Waals surface area contributed by atoms with E-state index in [2.05, 4.69) is 5.10 Å². The molecule has 0 saturated carbocycles. The Labute approximate surface area is 163 Å². The molecule has 0 atom stereocenters. The van der Waals surface area contributed by atoms with Crippen LogP contribution in [0.4, 0.5) is 0 Å². The van der Waals surface area contributed by atoms with E-state index in [1.54, 1.807) is 13.8 Å². The minimum absolute atomic E-state index is 0.0526. The van der Waals surface area contributed by atoms with Crippen LogP contribution in [0.1, 0.15) is 42.0 Å². The number of allylic oxidation sites excluding steroid dienone is 2. The van der Waals surface area contributed by atoms with Crippen molar-refractivity contribution in [2.75, 3.05) is 6.61 Å². The predicted octanol–water partition coefficient (Wildman–Crippen LogP) is 1.73. The molecule has 0 unspecified atom stereocenters. The van der Waals surface area contributed by atoms with Gasteiger partial charge in [0.2, 0.25) is 10.0 Å². The van der Waals surface area contributed by atoms with Crippen molar-refractivity contribution >= 4 is 27.8 Å². The highest BCUT2D eigenvalue weighted by molar-refractivity contribution is 7.89. The highest BCUT2D eigenvalue weighted by atomic mass is 32.2. The highest BCUT2D eigenvalue weighted by Crippen LogP contribution is 2.27. The summed E-state index contributed by atoms with van der Waals surface area (Å²) in [6, 6.07) is 5.70. The number of sulfonamides is 1. The van der Waals surface area contributed by atoms with Gasteiger partial charge in [0, 0.05) is 23.0 Å². The van der Waals surface area contributed by atoms with Gasteiger partial charge in [-0.1, -0.05) is 6.92 Å². The number of hydrogen-bond donors (Lipinski definition) is 3. The lowest BCUT2D eigenvalue weighted by molar-refractivity contribution is 0.0518. The van der Waals surface area contributed by atoms with Crippen molar-refractivity contribution in [1.29, 1.82) is 5.41 Å². The summed E-state index contributed by atoms with van der Waals surface area (Å²) in [5.41, 5.74) is 8.48. The molecule has 0 spiro atoms. The summed E-state index contributed by atoms with van der Waals surface area (Å²) in [4.78, 5) is 12.2. The van der Waals surface area contributed by atoms with Gasteiger partial charge >= 0.3 is 5.97 Å². The van der Waals surface area contributed by atoms with Crippen molar-refractivity contribution in [3.05, 3.63) is 46.9 Å². The van der Waals surface area contributed by atoms with Gasteiger partial charge in [-0.15, -0.1) is 0 Å². The van der Waals surface area contributed by atoms with Gasteiger partial charge in [-0.05, 0) is 44.5 Å². The van der Waals surface area contributed by atoms with Crippen molar-refractivity contribution in [3.63, 3.8) is 0 Å². The minimum atomic E-state index is -3.84. The Kier molecular flexibility index (Phi) is 6.37. The molecule has 0 aliphatic rings. The molecule has 5 N–H and O–H groups in total. The second-order valence-corrected chi connectivity index (χ2v) is 7.49. The fourth-order valence-corrected chi connectivity index (χ4v) is 3.19. The van der Waals surface area contributed by atoms with Crippen molar-refractivity contribution in [1.82, 2.24) is 9.78 Å². The molecule has 2 aromatic rings. The van der Waals surface area contributed by atoms with Gasteiger partial charge < -0.3 is 15.9 Å². The number of nitrogens with two attached hydrogens (primary N) is 2. The Morgan fingerprint density at radius 3 is 2.36 bits per heavy atom. The number of rotatable bonds is 7. The molecule has 0 bridgehead atoms. The molecular formula is C18H23N5O4S. The summed E-state index contributed by atoms with van der Waals surface area (Å²) in [6.45, 7) is 5.42. The first-order chi connectivity index (χ1) is 13.1. The van der Waals surface area contributed by atoms with Crippen LogP contribution in [0.25, 0.3) is 11.3 Å². The largest absolute Gasteiger partial charge is 0.461 e. The molecule has 1 aromatic carbocycles. The quantitative estimate of drug-likeness (QED) is 0.471. The smallest absolute Gasteiger partial charge is 0.359 e. The fourth-order valence-electron chi connectivity index (χ4n) is 2.67. The van der Waals surface area contributed by atoms with Crippen molar-refractivity contribution in [2.24, 2.45) is 10.9 Å². The van der Waals surface area contributed by atoms with Crippen LogP contribution in [0.15, 0.2) is 34.9 Å². The molecule has 0 amide bonds. The Morgan fingerprint density at radius 2 is 1.89 bits per heavy atom. The summed E-state index contributed by atoms with van der Waals surface area (Å²) in [5, 5.41) is 17.3. The predicted molar refractivity (Wildman–Crippen MR) is 106 cm³/mol. The van der Waals surface area contributed by atoms with E-state index in [1.165, 1.54) is 28.9 Å². The number of carbonyl (C=O) groups is 1. The maximum absolute atomic E-state index is 12.3. The molecule has 0 aliphatic heterocycles. The van der Waals surface area contributed by atoms with E-state index in [4.69, 9.17) is 21.0 Å². The summed E-state index contributed by atoms with van der Waals surface area (Å²) < 4.78 is 29.5. The fraction of sp³-hybridized carbons (Fsp3) is 0.278. The Morgan fingerprint density at radius 1 is 1.29 bits per heavy atom. The van der Waals surface area contributed by atoms with Crippen LogP contribution >= 0.6 is 0 Å². The summed E-state index contributed by atoms with van der Waals surface area (Å²) in [6.07, 6.45) is 1.60. The third kappa shape index (κ3) is 4.12. The standard InChI is InChI=1S/C18H23N5O4S/c1-4-15(20)14(10-19)17-11(3)16(18(24)27-5-2)22-23(17)12-6-8-13(9-7-12)28(21,25)26/h6-10,19H,4-5,20H2,1-3H3,(H2,21,25,26)/b15-14+,19-10?. The number of aromatic nitrogens is 2. The zero-order valence-corrected chi connectivity index (χ0v) is 16.7. The number of benzene rings is 1. The molecule has 0 aliphatic carbocycles. The van der Waals surface area contributed by atoms with Crippen LogP contribution in [0.2, 0.25) is 0 Å². The summed E-state index contributed by atoms with van der Waals surface area (Å²) in [5.74, 6) is -0.597. The van der Waals surface area contributed by atoms with Crippen LogP contribution in [0, 0.1) is 12.3 Å². The SMILES string of the molecule is CCOC(=O)c1nn(-c2ccc(S(N)(=O)=O)cc2)c(/C(C=N)=C(/N)CC)c1C. The van der Waals surface area contributed by atoms with Crippen LogP contribution in [0.5, 0.6) is 0 Å².